The summed E-state index contributed by atoms with van der Waals surface area (Å²) in [5.74, 6) is 1.84. The van der Waals surface area contributed by atoms with E-state index in [1.807, 2.05) is 0 Å². The average molecular weight is 221 g/mol. The van der Waals surface area contributed by atoms with E-state index in [-0.39, 0.29) is 0 Å². The summed E-state index contributed by atoms with van der Waals surface area (Å²) < 4.78 is 11.0. The van der Waals surface area contributed by atoms with Gasteiger partial charge in [0.1, 0.15) is 0 Å². The molecule has 88 valence electrons. The lowest BCUT2D eigenvalue weighted by Crippen LogP contribution is -2.01. The van der Waals surface area contributed by atoms with Crippen LogP contribution in [-0.2, 0) is 6.42 Å². The number of ether oxygens (including phenoxy) is 2. The van der Waals surface area contributed by atoms with Gasteiger partial charge in [-0.15, -0.1) is 0 Å². The van der Waals surface area contributed by atoms with Gasteiger partial charge in [-0.3, -0.25) is 0 Å². The van der Waals surface area contributed by atoms with Crippen LogP contribution < -0.4 is 15.2 Å². The molecular formula is C13H19NO2. The highest BCUT2D eigenvalue weighted by Gasteiger charge is 2.20. The van der Waals surface area contributed by atoms with E-state index < -0.39 is 0 Å². The molecule has 2 rings (SSSR count). The molecule has 0 bridgehead atoms. The van der Waals surface area contributed by atoms with Crippen LogP contribution in [0.5, 0.6) is 11.5 Å². The van der Waals surface area contributed by atoms with Crippen LogP contribution >= 0.6 is 0 Å². The van der Waals surface area contributed by atoms with Crippen molar-refractivity contribution in [3.63, 3.8) is 0 Å². The van der Waals surface area contributed by atoms with Crippen LogP contribution in [0.15, 0.2) is 6.07 Å². The first kappa shape index (κ1) is 11.3. The van der Waals surface area contributed by atoms with Crippen molar-refractivity contribution in [2.75, 3.05) is 13.3 Å². The fourth-order valence-electron chi connectivity index (χ4n) is 2.09. The first-order valence-corrected chi connectivity index (χ1v) is 5.82. The third kappa shape index (κ3) is 2.00. The van der Waals surface area contributed by atoms with Gasteiger partial charge < -0.3 is 15.2 Å². The van der Waals surface area contributed by atoms with Crippen LogP contribution in [0.25, 0.3) is 0 Å². The molecule has 1 aliphatic rings. The topological polar surface area (TPSA) is 44.5 Å². The number of fused-ring (bicyclic) bond motifs is 1. The number of hydrogen-bond donors (Lipinski definition) is 1. The lowest BCUT2D eigenvalue weighted by atomic mass is 9.97. The molecule has 0 aromatic heterocycles. The molecule has 0 radical (unpaired) electrons. The van der Waals surface area contributed by atoms with E-state index in [4.69, 9.17) is 15.2 Å². The Balaban J connectivity index is 2.27. The number of aryl methyl sites for hydroxylation is 1. The lowest BCUT2D eigenvalue weighted by Gasteiger charge is -2.12. The highest BCUT2D eigenvalue weighted by atomic mass is 16.7. The second kappa shape index (κ2) is 4.74. The van der Waals surface area contributed by atoms with Crippen molar-refractivity contribution in [2.24, 2.45) is 5.73 Å². The zero-order valence-corrected chi connectivity index (χ0v) is 10.0. The quantitative estimate of drug-likeness (QED) is 0.793. The summed E-state index contributed by atoms with van der Waals surface area (Å²) in [6, 6.07) is 2.06. The Bertz CT molecular complexity index is 388. The Morgan fingerprint density at radius 2 is 2.06 bits per heavy atom. The molecule has 0 unspecified atom stereocenters. The molecule has 3 nitrogen and oxygen atoms in total. The summed E-state index contributed by atoms with van der Waals surface area (Å²) in [4.78, 5) is 0. The van der Waals surface area contributed by atoms with Crippen molar-refractivity contribution in [1.82, 2.24) is 0 Å². The molecule has 1 aliphatic heterocycles. The van der Waals surface area contributed by atoms with Crippen molar-refractivity contribution in [2.45, 2.75) is 33.1 Å². The molecule has 1 heterocycles. The number of unbranched alkanes of at least 4 members (excludes halogenated alkanes) is 1. The van der Waals surface area contributed by atoms with Crippen LogP contribution in [0.4, 0.5) is 0 Å². The Morgan fingerprint density at radius 3 is 2.81 bits per heavy atom. The van der Waals surface area contributed by atoms with E-state index in [9.17, 15) is 0 Å². The minimum Gasteiger partial charge on any atom is -0.454 e. The van der Waals surface area contributed by atoms with Crippen molar-refractivity contribution < 1.29 is 9.47 Å². The van der Waals surface area contributed by atoms with Gasteiger partial charge in [-0.1, -0.05) is 0 Å². The first-order valence-electron chi connectivity index (χ1n) is 5.82. The van der Waals surface area contributed by atoms with Crippen LogP contribution in [-0.4, -0.2) is 13.3 Å². The van der Waals surface area contributed by atoms with Crippen molar-refractivity contribution >= 4 is 0 Å². The second-order valence-corrected chi connectivity index (χ2v) is 4.28. The molecule has 1 aromatic rings. The zero-order valence-electron chi connectivity index (χ0n) is 10.0. The van der Waals surface area contributed by atoms with Gasteiger partial charge in [0.15, 0.2) is 11.5 Å². The molecule has 0 fully saturated rings. The largest absolute Gasteiger partial charge is 0.454 e. The molecule has 0 aliphatic carbocycles. The van der Waals surface area contributed by atoms with Crippen molar-refractivity contribution in [3.05, 3.63) is 22.8 Å². The van der Waals surface area contributed by atoms with Crippen LogP contribution in [0.1, 0.15) is 29.5 Å². The van der Waals surface area contributed by atoms with Crippen molar-refractivity contribution in [3.8, 4) is 11.5 Å². The number of hydrogen-bond acceptors (Lipinski definition) is 3. The zero-order chi connectivity index (χ0) is 11.5. The van der Waals surface area contributed by atoms with Gasteiger partial charge >= 0.3 is 0 Å². The summed E-state index contributed by atoms with van der Waals surface area (Å²) in [5, 5.41) is 0. The van der Waals surface area contributed by atoms with Gasteiger partial charge in [-0.25, -0.2) is 0 Å². The van der Waals surface area contributed by atoms with Gasteiger partial charge in [0.2, 0.25) is 6.79 Å². The van der Waals surface area contributed by atoms with E-state index in [1.54, 1.807) is 0 Å². The molecule has 0 amide bonds. The number of nitrogens with two attached hydrogens (primary N) is 1. The SMILES string of the molecule is Cc1cc2c(c(CCCCN)c1C)OCO2. The molecule has 0 atom stereocenters. The molecular weight excluding hydrogens is 202 g/mol. The Morgan fingerprint density at radius 1 is 1.25 bits per heavy atom. The van der Waals surface area contributed by atoms with Gasteiger partial charge in [0.05, 0.1) is 0 Å². The Kier molecular flexibility index (Phi) is 3.34. The Hall–Kier alpha value is -1.22. The average Bonchev–Trinajstić information content (AvgIpc) is 2.71. The van der Waals surface area contributed by atoms with E-state index in [1.165, 1.54) is 16.7 Å². The predicted octanol–water partition coefficient (Wildman–Crippen LogP) is 2.31. The minimum absolute atomic E-state index is 0.349. The van der Waals surface area contributed by atoms with Gasteiger partial charge in [-0.2, -0.15) is 0 Å². The van der Waals surface area contributed by atoms with Gasteiger partial charge in [0.25, 0.3) is 0 Å². The molecule has 0 saturated carbocycles. The summed E-state index contributed by atoms with van der Waals surface area (Å²) in [6.07, 6.45) is 3.19. The molecule has 3 heteroatoms. The van der Waals surface area contributed by atoms with Crippen LogP contribution in [0, 0.1) is 13.8 Å². The van der Waals surface area contributed by atoms with Gasteiger partial charge in [-0.05, 0) is 56.8 Å². The third-order valence-corrected chi connectivity index (χ3v) is 3.19. The van der Waals surface area contributed by atoms with Crippen LogP contribution in [0.3, 0.4) is 0 Å². The second-order valence-electron chi connectivity index (χ2n) is 4.28. The minimum atomic E-state index is 0.349. The predicted molar refractivity (Wildman–Crippen MR) is 64.0 cm³/mol. The maximum Gasteiger partial charge on any atom is 0.231 e. The summed E-state index contributed by atoms with van der Waals surface area (Å²) in [5.41, 5.74) is 9.40. The molecule has 0 spiro atoms. The molecule has 1 aromatic carbocycles. The number of benzene rings is 1. The fraction of sp³-hybridized carbons (Fsp3) is 0.538. The van der Waals surface area contributed by atoms with E-state index in [2.05, 4.69) is 19.9 Å². The first-order chi connectivity index (χ1) is 7.74. The molecule has 16 heavy (non-hydrogen) atoms. The molecule has 2 N–H and O–H groups in total. The Labute approximate surface area is 96.5 Å². The van der Waals surface area contributed by atoms with Crippen molar-refractivity contribution in [1.29, 1.82) is 0 Å². The smallest absolute Gasteiger partial charge is 0.231 e. The standard InChI is InChI=1S/C13H19NO2/c1-9-7-12-13(16-8-15-12)11(10(9)2)5-3-4-6-14/h7H,3-6,8,14H2,1-2H3. The van der Waals surface area contributed by atoms with E-state index in [0.717, 1.165) is 37.3 Å². The van der Waals surface area contributed by atoms with Crippen LogP contribution in [0.2, 0.25) is 0 Å². The fourth-order valence-corrected chi connectivity index (χ4v) is 2.09. The van der Waals surface area contributed by atoms with Gasteiger partial charge in [0, 0.05) is 5.56 Å². The van der Waals surface area contributed by atoms with E-state index in [0.29, 0.717) is 6.79 Å². The normalized spacial score (nSPS) is 13.2. The summed E-state index contributed by atoms with van der Waals surface area (Å²) >= 11 is 0. The monoisotopic (exact) mass is 221 g/mol. The molecule has 0 saturated heterocycles. The third-order valence-electron chi connectivity index (χ3n) is 3.19. The maximum atomic E-state index is 5.54. The lowest BCUT2D eigenvalue weighted by molar-refractivity contribution is 0.173. The summed E-state index contributed by atoms with van der Waals surface area (Å²) in [6.45, 7) is 5.37. The van der Waals surface area contributed by atoms with E-state index >= 15 is 0 Å². The highest BCUT2D eigenvalue weighted by molar-refractivity contribution is 5.55. The highest BCUT2D eigenvalue weighted by Crippen LogP contribution is 2.39. The number of rotatable bonds is 4. The maximum absolute atomic E-state index is 5.54. The summed E-state index contributed by atoms with van der Waals surface area (Å²) in [7, 11) is 0.